The molecule has 0 aromatic heterocycles. The lowest BCUT2D eigenvalue weighted by molar-refractivity contribution is 0.216. The number of anilines is 1. The third-order valence-corrected chi connectivity index (χ3v) is 2.99. The van der Waals surface area contributed by atoms with Crippen LogP contribution in [0.1, 0.15) is 12.8 Å². The van der Waals surface area contributed by atoms with Gasteiger partial charge in [0.1, 0.15) is 0 Å². The summed E-state index contributed by atoms with van der Waals surface area (Å²) in [5, 5.41) is 5.84. The molecule has 0 unspecified atom stereocenters. The highest BCUT2D eigenvalue weighted by Gasteiger charge is 2.18. The molecule has 1 aliphatic heterocycles. The van der Waals surface area contributed by atoms with Gasteiger partial charge in [0.05, 0.1) is 0 Å². The van der Waals surface area contributed by atoms with E-state index >= 15 is 0 Å². The molecule has 1 aromatic rings. The average Bonchev–Trinajstić information content (AvgIpc) is 2.30. The zero-order valence-corrected chi connectivity index (χ0v) is 10.1. The van der Waals surface area contributed by atoms with Gasteiger partial charge in [-0.25, -0.2) is 4.79 Å². The molecule has 2 amide bonds. The smallest absolute Gasteiger partial charge is 0.319 e. The number of likely N-dealkylation sites (tertiary alicyclic amines) is 1. The second kappa shape index (κ2) is 5.68. The zero-order valence-electron chi connectivity index (χ0n) is 10.1. The maximum absolute atomic E-state index is 11.7. The number of hydrogen-bond donors (Lipinski definition) is 2. The van der Waals surface area contributed by atoms with Crippen LogP contribution in [0.2, 0.25) is 0 Å². The van der Waals surface area contributed by atoms with Crippen molar-refractivity contribution in [3.05, 3.63) is 30.3 Å². The van der Waals surface area contributed by atoms with Crippen molar-refractivity contribution in [2.75, 3.05) is 25.5 Å². The molecule has 1 aliphatic rings. The number of nitrogens with zero attached hydrogens (tertiary/aromatic N) is 1. The molecule has 1 atom stereocenters. The van der Waals surface area contributed by atoms with Crippen LogP contribution in [-0.2, 0) is 0 Å². The van der Waals surface area contributed by atoms with Crippen LogP contribution < -0.4 is 10.6 Å². The van der Waals surface area contributed by atoms with Crippen LogP contribution in [-0.4, -0.2) is 37.1 Å². The fraction of sp³-hybridized carbons (Fsp3) is 0.462. The first-order valence-corrected chi connectivity index (χ1v) is 6.05. The molecule has 17 heavy (non-hydrogen) atoms. The predicted molar refractivity (Wildman–Crippen MR) is 69.1 cm³/mol. The van der Waals surface area contributed by atoms with Crippen LogP contribution in [0.5, 0.6) is 0 Å². The first-order chi connectivity index (χ1) is 8.24. The van der Waals surface area contributed by atoms with E-state index < -0.39 is 0 Å². The Morgan fingerprint density at radius 1 is 1.35 bits per heavy atom. The van der Waals surface area contributed by atoms with E-state index in [9.17, 15) is 4.79 Å². The topological polar surface area (TPSA) is 44.4 Å². The second-order valence-electron chi connectivity index (χ2n) is 4.57. The van der Waals surface area contributed by atoms with Gasteiger partial charge in [-0.05, 0) is 38.6 Å². The lowest BCUT2D eigenvalue weighted by Crippen LogP contribution is -2.47. The Morgan fingerprint density at radius 2 is 2.12 bits per heavy atom. The van der Waals surface area contributed by atoms with E-state index in [0.29, 0.717) is 0 Å². The molecule has 2 N–H and O–H groups in total. The molecule has 1 saturated heterocycles. The van der Waals surface area contributed by atoms with E-state index in [0.717, 1.165) is 31.6 Å². The quantitative estimate of drug-likeness (QED) is 0.819. The lowest BCUT2D eigenvalue weighted by Gasteiger charge is -2.30. The number of amides is 2. The fourth-order valence-corrected chi connectivity index (χ4v) is 2.16. The summed E-state index contributed by atoms with van der Waals surface area (Å²) in [6.45, 7) is 2.06. The molecule has 0 saturated carbocycles. The lowest BCUT2D eigenvalue weighted by atomic mass is 10.1. The minimum absolute atomic E-state index is 0.114. The number of nitrogens with one attached hydrogen (secondary N) is 2. The number of para-hydroxylation sites is 1. The van der Waals surface area contributed by atoms with Gasteiger partial charge in [-0.2, -0.15) is 0 Å². The van der Waals surface area contributed by atoms with Crippen molar-refractivity contribution in [3.8, 4) is 0 Å². The highest BCUT2D eigenvalue weighted by Crippen LogP contribution is 2.09. The third-order valence-electron chi connectivity index (χ3n) is 2.99. The summed E-state index contributed by atoms with van der Waals surface area (Å²) < 4.78 is 0. The van der Waals surface area contributed by atoms with Crippen molar-refractivity contribution < 1.29 is 4.79 Å². The molecule has 4 nitrogen and oxygen atoms in total. The molecule has 92 valence electrons. The van der Waals surface area contributed by atoms with Gasteiger partial charge in [0.25, 0.3) is 0 Å². The second-order valence-corrected chi connectivity index (χ2v) is 4.57. The SMILES string of the molecule is CN1CCC[C@H](NC(=O)Nc2ccccc2)C1. The summed E-state index contributed by atoms with van der Waals surface area (Å²) in [6.07, 6.45) is 2.21. The number of carbonyl (C=O) groups excluding carboxylic acids is 1. The van der Waals surface area contributed by atoms with Gasteiger partial charge in [0.2, 0.25) is 0 Å². The first-order valence-electron chi connectivity index (χ1n) is 6.05. The molecule has 0 aliphatic carbocycles. The van der Waals surface area contributed by atoms with Crippen molar-refractivity contribution >= 4 is 11.7 Å². The van der Waals surface area contributed by atoms with Crippen LogP contribution >= 0.6 is 0 Å². The van der Waals surface area contributed by atoms with E-state index in [4.69, 9.17) is 0 Å². The normalized spacial score (nSPS) is 20.9. The monoisotopic (exact) mass is 233 g/mol. The van der Waals surface area contributed by atoms with Crippen LogP contribution in [0.25, 0.3) is 0 Å². The minimum atomic E-state index is -0.114. The molecule has 0 bridgehead atoms. The van der Waals surface area contributed by atoms with Crippen LogP contribution in [0, 0.1) is 0 Å². The first kappa shape index (κ1) is 11.9. The fourth-order valence-electron chi connectivity index (χ4n) is 2.16. The van der Waals surface area contributed by atoms with E-state index in [1.807, 2.05) is 30.3 Å². The zero-order chi connectivity index (χ0) is 12.1. The number of piperidine rings is 1. The molecule has 1 aromatic carbocycles. The Hall–Kier alpha value is -1.55. The molecule has 1 fully saturated rings. The summed E-state index contributed by atoms with van der Waals surface area (Å²) in [4.78, 5) is 14.0. The molecule has 4 heteroatoms. The number of likely N-dealkylation sites (N-methyl/N-ethyl adjacent to an activating group) is 1. The molecule has 0 radical (unpaired) electrons. The third kappa shape index (κ3) is 3.75. The number of hydrogen-bond acceptors (Lipinski definition) is 2. The summed E-state index contributed by atoms with van der Waals surface area (Å²) in [5.41, 5.74) is 0.828. The van der Waals surface area contributed by atoms with Gasteiger partial charge >= 0.3 is 6.03 Å². The average molecular weight is 233 g/mol. The minimum Gasteiger partial charge on any atom is -0.334 e. The summed E-state index contributed by atoms with van der Waals surface area (Å²) in [7, 11) is 2.09. The van der Waals surface area contributed by atoms with Crippen molar-refractivity contribution in [2.24, 2.45) is 0 Å². The van der Waals surface area contributed by atoms with Crippen LogP contribution in [0.3, 0.4) is 0 Å². The van der Waals surface area contributed by atoms with E-state index in [1.54, 1.807) is 0 Å². The Kier molecular flexibility index (Phi) is 3.98. The van der Waals surface area contributed by atoms with Gasteiger partial charge in [-0.15, -0.1) is 0 Å². The molecule has 2 rings (SSSR count). The van der Waals surface area contributed by atoms with E-state index in [2.05, 4.69) is 22.6 Å². The predicted octanol–water partition coefficient (Wildman–Crippen LogP) is 1.90. The largest absolute Gasteiger partial charge is 0.334 e. The Labute approximate surface area is 102 Å². The Balaban J connectivity index is 1.81. The number of carbonyl (C=O) groups is 1. The van der Waals surface area contributed by atoms with Gasteiger partial charge < -0.3 is 15.5 Å². The standard InChI is InChI=1S/C13H19N3O/c1-16-9-5-8-12(10-16)15-13(17)14-11-6-3-2-4-7-11/h2-4,6-7,12H,5,8-10H2,1H3,(H2,14,15,17)/t12-/m0/s1. The highest BCUT2D eigenvalue weighted by molar-refractivity contribution is 5.89. The molecular weight excluding hydrogens is 214 g/mol. The highest BCUT2D eigenvalue weighted by atomic mass is 16.2. The van der Waals surface area contributed by atoms with Crippen molar-refractivity contribution in [1.82, 2.24) is 10.2 Å². The van der Waals surface area contributed by atoms with Crippen molar-refractivity contribution in [1.29, 1.82) is 0 Å². The Bertz CT molecular complexity index is 366. The van der Waals surface area contributed by atoms with Crippen LogP contribution in [0.15, 0.2) is 30.3 Å². The molecule has 0 spiro atoms. The van der Waals surface area contributed by atoms with Gasteiger partial charge in [0, 0.05) is 18.3 Å². The van der Waals surface area contributed by atoms with Gasteiger partial charge in [-0.1, -0.05) is 18.2 Å². The number of rotatable bonds is 2. The van der Waals surface area contributed by atoms with Crippen LogP contribution in [0.4, 0.5) is 10.5 Å². The van der Waals surface area contributed by atoms with E-state index in [-0.39, 0.29) is 12.1 Å². The summed E-state index contributed by atoms with van der Waals surface area (Å²) in [5.74, 6) is 0. The summed E-state index contributed by atoms with van der Waals surface area (Å²) in [6, 6.07) is 9.65. The Morgan fingerprint density at radius 3 is 2.82 bits per heavy atom. The number of benzene rings is 1. The molecular formula is C13H19N3O. The van der Waals surface area contributed by atoms with Crippen molar-refractivity contribution in [3.63, 3.8) is 0 Å². The van der Waals surface area contributed by atoms with Gasteiger partial charge in [0.15, 0.2) is 0 Å². The summed E-state index contributed by atoms with van der Waals surface area (Å²) >= 11 is 0. The number of urea groups is 1. The maximum Gasteiger partial charge on any atom is 0.319 e. The van der Waals surface area contributed by atoms with Crippen molar-refractivity contribution in [2.45, 2.75) is 18.9 Å². The molecule has 1 heterocycles. The van der Waals surface area contributed by atoms with E-state index in [1.165, 1.54) is 0 Å². The maximum atomic E-state index is 11.7. The van der Waals surface area contributed by atoms with Gasteiger partial charge in [-0.3, -0.25) is 0 Å².